The van der Waals surface area contributed by atoms with E-state index in [1.165, 1.54) is 42.4 Å². The highest BCUT2D eigenvalue weighted by Gasteiger charge is 2.45. The molecule has 5 rings (SSSR count). The third kappa shape index (κ3) is 3.73. The number of nitrogens with zero attached hydrogens (tertiary/aromatic N) is 2. The van der Waals surface area contributed by atoms with Crippen molar-refractivity contribution in [2.45, 2.75) is 51.4 Å². The molecule has 3 aliphatic carbocycles. The Morgan fingerprint density at radius 3 is 2.52 bits per heavy atom. The number of nitriles is 1. The van der Waals surface area contributed by atoms with Gasteiger partial charge in [0.05, 0.1) is 5.71 Å². The van der Waals surface area contributed by atoms with Gasteiger partial charge in [-0.3, -0.25) is 0 Å². The molecule has 2 fully saturated rings. The molecule has 2 aromatic rings. The first-order valence-electron chi connectivity index (χ1n) is 10.9. The number of fused-ring (bicyclic) bond motifs is 1. The van der Waals surface area contributed by atoms with Crippen LogP contribution in [0.1, 0.15) is 60.8 Å². The van der Waals surface area contributed by atoms with E-state index in [-0.39, 0.29) is 5.41 Å². The van der Waals surface area contributed by atoms with Gasteiger partial charge >= 0.3 is 0 Å². The maximum Gasteiger partial charge on any atom is 0.205 e. The van der Waals surface area contributed by atoms with Crippen molar-refractivity contribution in [3.8, 4) is 18.0 Å². The monoisotopic (exact) mass is 378 g/mol. The summed E-state index contributed by atoms with van der Waals surface area (Å²) in [5, 5.41) is 9.40. The predicted molar refractivity (Wildman–Crippen MR) is 116 cm³/mol. The summed E-state index contributed by atoms with van der Waals surface area (Å²) in [7, 11) is 0. The lowest BCUT2D eigenvalue weighted by atomic mass is 9.67. The van der Waals surface area contributed by atoms with Gasteiger partial charge in [0, 0.05) is 22.5 Å². The molecular formula is C27H26N2. The second kappa shape index (κ2) is 7.53. The van der Waals surface area contributed by atoms with E-state index in [9.17, 15) is 5.26 Å². The fourth-order valence-electron chi connectivity index (χ4n) is 5.20. The Hall–Kier alpha value is -2.84. The van der Waals surface area contributed by atoms with E-state index >= 15 is 0 Å². The maximum atomic E-state index is 9.40. The molecule has 0 saturated heterocycles. The fraction of sp³-hybridized carbons (Fsp3) is 0.407. The van der Waals surface area contributed by atoms with Gasteiger partial charge in [0.25, 0.3) is 0 Å². The second-order valence-corrected chi connectivity index (χ2v) is 9.07. The van der Waals surface area contributed by atoms with Gasteiger partial charge in [0.1, 0.15) is 0 Å². The summed E-state index contributed by atoms with van der Waals surface area (Å²) >= 11 is 0. The molecule has 2 aromatic carbocycles. The lowest BCUT2D eigenvalue weighted by molar-refractivity contribution is 0.226. The average molecular weight is 379 g/mol. The largest absolute Gasteiger partial charge is 0.205 e. The van der Waals surface area contributed by atoms with E-state index < -0.39 is 0 Å². The Bertz CT molecular complexity index is 1030. The van der Waals surface area contributed by atoms with Gasteiger partial charge < -0.3 is 0 Å². The molecule has 0 aliphatic heterocycles. The van der Waals surface area contributed by atoms with Crippen LogP contribution in [0.2, 0.25) is 0 Å². The molecular weight excluding hydrogens is 352 g/mol. The summed E-state index contributed by atoms with van der Waals surface area (Å²) in [6, 6.07) is 17.4. The summed E-state index contributed by atoms with van der Waals surface area (Å²) in [5.41, 5.74) is 6.11. The zero-order valence-corrected chi connectivity index (χ0v) is 16.8. The van der Waals surface area contributed by atoms with Crippen LogP contribution in [-0.4, -0.2) is 5.71 Å². The number of aliphatic imine (C=N–C) groups is 1. The van der Waals surface area contributed by atoms with E-state index in [4.69, 9.17) is 0 Å². The molecule has 144 valence electrons. The van der Waals surface area contributed by atoms with Gasteiger partial charge in [-0.15, -0.1) is 0 Å². The molecule has 2 nitrogen and oxygen atoms in total. The quantitative estimate of drug-likeness (QED) is 0.488. The van der Waals surface area contributed by atoms with Crippen LogP contribution in [0.5, 0.6) is 0 Å². The molecule has 0 aromatic heterocycles. The molecule has 0 radical (unpaired) electrons. The SMILES string of the molecule is N#C/N=C1/c2cc(C#CC3CC3)ccc2CC12CCC(Cc1ccccc1)CC2. The van der Waals surface area contributed by atoms with Crippen LogP contribution in [0.4, 0.5) is 0 Å². The third-order valence-electron chi connectivity index (χ3n) is 6.99. The highest BCUT2D eigenvalue weighted by Crippen LogP contribution is 2.49. The van der Waals surface area contributed by atoms with Crippen molar-refractivity contribution < 1.29 is 0 Å². The van der Waals surface area contributed by atoms with Gasteiger partial charge in [-0.1, -0.05) is 48.2 Å². The standard InChI is InChI=1S/C27H26N2/c28-19-29-26-25-17-22(9-8-20-6-7-20)10-11-24(25)18-27(26)14-12-23(13-15-27)16-21-4-2-1-3-5-21/h1-5,10-11,17,20,23H,6-7,12-16,18H2/b29-26-. The van der Waals surface area contributed by atoms with Crippen LogP contribution in [0.3, 0.4) is 0 Å². The van der Waals surface area contributed by atoms with Crippen molar-refractivity contribution in [3.63, 3.8) is 0 Å². The highest BCUT2D eigenvalue weighted by molar-refractivity contribution is 6.09. The highest BCUT2D eigenvalue weighted by atomic mass is 14.8. The smallest absolute Gasteiger partial charge is 0.177 e. The van der Waals surface area contributed by atoms with Crippen molar-refractivity contribution in [1.82, 2.24) is 0 Å². The molecule has 0 atom stereocenters. The zero-order valence-electron chi connectivity index (χ0n) is 16.8. The first-order chi connectivity index (χ1) is 14.3. The minimum absolute atomic E-state index is 0.0494. The molecule has 0 bridgehead atoms. The Kier molecular flexibility index (Phi) is 4.73. The normalized spacial score (nSPS) is 26.6. The topological polar surface area (TPSA) is 36.1 Å². The van der Waals surface area contributed by atoms with E-state index in [1.54, 1.807) is 0 Å². The summed E-state index contributed by atoms with van der Waals surface area (Å²) in [4.78, 5) is 4.37. The Morgan fingerprint density at radius 1 is 1.00 bits per heavy atom. The van der Waals surface area contributed by atoms with Crippen LogP contribution in [0, 0.1) is 40.5 Å². The number of rotatable bonds is 2. The molecule has 2 heteroatoms. The predicted octanol–water partition coefficient (Wildman–Crippen LogP) is 5.69. The van der Waals surface area contributed by atoms with Crippen LogP contribution >= 0.6 is 0 Å². The molecule has 3 aliphatic rings. The summed E-state index contributed by atoms with van der Waals surface area (Å²) in [6.07, 6.45) is 11.5. The first-order valence-corrected chi connectivity index (χ1v) is 10.9. The van der Waals surface area contributed by atoms with Crippen LogP contribution < -0.4 is 0 Å². The van der Waals surface area contributed by atoms with Crippen molar-refractivity contribution in [1.29, 1.82) is 5.26 Å². The fourth-order valence-corrected chi connectivity index (χ4v) is 5.20. The molecule has 1 spiro atoms. The zero-order chi connectivity index (χ0) is 19.7. The van der Waals surface area contributed by atoms with Crippen LogP contribution in [0.25, 0.3) is 0 Å². The van der Waals surface area contributed by atoms with E-state index in [2.05, 4.69) is 71.6 Å². The number of hydrogen-bond acceptors (Lipinski definition) is 2. The van der Waals surface area contributed by atoms with E-state index in [0.29, 0.717) is 5.92 Å². The van der Waals surface area contributed by atoms with Crippen LogP contribution in [-0.2, 0) is 12.8 Å². The van der Waals surface area contributed by atoms with Gasteiger partial charge in [-0.25, -0.2) is 0 Å². The molecule has 29 heavy (non-hydrogen) atoms. The summed E-state index contributed by atoms with van der Waals surface area (Å²) in [6.45, 7) is 0. The lowest BCUT2D eigenvalue weighted by Gasteiger charge is -2.37. The minimum atomic E-state index is 0.0494. The van der Waals surface area contributed by atoms with Crippen molar-refractivity contribution in [3.05, 3.63) is 70.8 Å². The molecule has 2 saturated carbocycles. The molecule has 0 heterocycles. The van der Waals surface area contributed by atoms with Gasteiger partial charge in [-0.05, 0) is 80.5 Å². The average Bonchev–Trinajstić information content (AvgIpc) is 3.54. The van der Waals surface area contributed by atoms with Crippen molar-refractivity contribution >= 4 is 5.71 Å². The Balaban J connectivity index is 1.36. The van der Waals surface area contributed by atoms with Crippen LogP contribution in [0.15, 0.2) is 53.5 Å². The maximum absolute atomic E-state index is 9.40. The van der Waals surface area contributed by atoms with Crippen molar-refractivity contribution in [2.75, 3.05) is 0 Å². The Labute approximate surface area is 173 Å². The van der Waals surface area contributed by atoms with Gasteiger partial charge in [-0.2, -0.15) is 10.3 Å². The molecule has 0 amide bonds. The Morgan fingerprint density at radius 2 is 1.79 bits per heavy atom. The summed E-state index contributed by atoms with van der Waals surface area (Å²) in [5.74, 6) is 8.02. The second-order valence-electron chi connectivity index (χ2n) is 9.07. The molecule has 0 unspecified atom stereocenters. The number of benzene rings is 2. The summed E-state index contributed by atoms with van der Waals surface area (Å²) < 4.78 is 0. The van der Waals surface area contributed by atoms with Gasteiger partial charge in [0.2, 0.25) is 6.19 Å². The van der Waals surface area contributed by atoms with Crippen molar-refractivity contribution in [2.24, 2.45) is 22.2 Å². The third-order valence-corrected chi connectivity index (χ3v) is 6.99. The van der Waals surface area contributed by atoms with E-state index in [0.717, 1.165) is 42.9 Å². The van der Waals surface area contributed by atoms with Gasteiger partial charge in [0.15, 0.2) is 0 Å². The number of hydrogen-bond donors (Lipinski definition) is 0. The molecule has 0 N–H and O–H groups in total. The minimum Gasteiger partial charge on any atom is -0.177 e. The van der Waals surface area contributed by atoms with E-state index in [1.807, 2.05) is 0 Å². The lowest BCUT2D eigenvalue weighted by Crippen LogP contribution is -2.34. The first kappa shape index (κ1) is 18.2.